The van der Waals surface area contributed by atoms with Crippen molar-refractivity contribution in [2.75, 3.05) is 44.2 Å². The number of thiophene rings is 1. The molecule has 0 bridgehead atoms. The van der Waals surface area contributed by atoms with E-state index in [-0.39, 0.29) is 11.7 Å². The molecule has 5 nitrogen and oxygen atoms in total. The fourth-order valence-electron chi connectivity index (χ4n) is 3.79. The van der Waals surface area contributed by atoms with E-state index in [0.29, 0.717) is 6.54 Å². The monoisotopic (exact) mass is 446 g/mol. The number of carbonyl (C=O) groups is 1. The fraction of sp³-hybridized carbons (Fsp3) is 0.455. The number of amides is 1. The van der Waals surface area contributed by atoms with Crippen LogP contribution in [0.1, 0.15) is 35.5 Å². The first-order valence-corrected chi connectivity index (χ1v) is 12.1. The zero-order valence-electron chi connectivity index (χ0n) is 17.4. The van der Waals surface area contributed by atoms with Crippen LogP contribution in [0.25, 0.3) is 9.53 Å². The summed E-state index contributed by atoms with van der Waals surface area (Å²) in [5.74, 6) is -0.0980. The standard InChI is InChI=1S/C22H27FN4OS2/c1-3-26(4-2)22-24-20-18(30-22)14-19(29-20)21(28)27-11-5-10-25(12-13-27)15-16-6-8-17(23)9-7-16/h6-9,14H,3-5,10-13,15H2,1-2H3. The van der Waals surface area contributed by atoms with E-state index in [4.69, 9.17) is 4.98 Å². The number of hydrogen-bond donors (Lipinski definition) is 0. The predicted octanol–water partition coefficient (Wildman–Crippen LogP) is 4.69. The first-order valence-electron chi connectivity index (χ1n) is 10.5. The van der Waals surface area contributed by atoms with Crippen molar-refractivity contribution in [3.8, 4) is 0 Å². The van der Waals surface area contributed by atoms with Gasteiger partial charge in [0.25, 0.3) is 5.91 Å². The van der Waals surface area contributed by atoms with Gasteiger partial charge in [0.05, 0.1) is 9.58 Å². The van der Waals surface area contributed by atoms with Gasteiger partial charge >= 0.3 is 0 Å². The van der Waals surface area contributed by atoms with Crippen LogP contribution < -0.4 is 4.90 Å². The second-order valence-corrected chi connectivity index (χ2v) is 9.54. The van der Waals surface area contributed by atoms with Crippen molar-refractivity contribution < 1.29 is 9.18 Å². The van der Waals surface area contributed by atoms with Crippen LogP contribution in [-0.4, -0.2) is 60.0 Å². The van der Waals surface area contributed by atoms with E-state index in [1.165, 1.54) is 23.5 Å². The quantitative estimate of drug-likeness (QED) is 0.551. The second-order valence-electron chi connectivity index (χ2n) is 7.50. The lowest BCUT2D eigenvalue weighted by molar-refractivity contribution is 0.0766. The summed E-state index contributed by atoms with van der Waals surface area (Å²) < 4.78 is 14.2. The lowest BCUT2D eigenvalue weighted by atomic mass is 10.2. The van der Waals surface area contributed by atoms with Crippen molar-refractivity contribution in [1.82, 2.24) is 14.8 Å². The number of halogens is 1. The first kappa shape index (κ1) is 21.2. The molecule has 0 spiro atoms. The molecule has 1 aliphatic rings. The van der Waals surface area contributed by atoms with E-state index in [9.17, 15) is 9.18 Å². The summed E-state index contributed by atoms with van der Waals surface area (Å²) in [6.07, 6.45) is 0.942. The summed E-state index contributed by atoms with van der Waals surface area (Å²) in [5, 5.41) is 1.03. The maximum absolute atomic E-state index is 13.1. The number of aromatic nitrogens is 1. The highest BCUT2D eigenvalue weighted by molar-refractivity contribution is 7.29. The Hall–Kier alpha value is -2.03. The van der Waals surface area contributed by atoms with Gasteiger partial charge in [-0.3, -0.25) is 9.69 Å². The smallest absolute Gasteiger partial charge is 0.264 e. The Bertz CT molecular complexity index is 965. The summed E-state index contributed by atoms with van der Waals surface area (Å²) in [7, 11) is 0. The summed E-state index contributed by atoms with van der Waals surface area (Å²) in [6, 6.07) is 8.69. The maximum atomic E-state index is 13.1. The lowest BCUT2D eigenvalue weighted by Gasteiger charge is -2.21. The van der Waals surface area contributed by atoms with Crippen LogP contribution in [0.4, 0.5) is 9.52 Å². The number of nitrogens with zero attached hydrogens (tertiary/aromatic N) is 4. The normalized spacial score (nSPS) is 15.5. The molecule has 0 aliphatic carbocycles. The molecule has 0 atom stereocenters. The molecule has 1 fully saturated rings. The third-order valence-electron chi connectivity index (χ3n) is 5.52. The molecule has 3 aromatic rings. The molecule has 1 aliphatic heterocycles. The molecule has 160 valence electrons. The van der Waals surface area contributed by atoms with Crippen LogP contribution in [0.2, 0.25) is 0 Å². The zero-order valence-corrected chi connectivity index (χ0v) is 19.1. The molecular weight excluding hydrogens is 419 g/mol. The van der Waals surface area contributed by atoms with Gasteiger partial charge in [0.15, 0.2) is 5.13 Å². The average Bonchev–Trinajstić information content (AvgIpc) is 3.23. The molecule has 0 N–H and O–H groups in total. The molecule has 2 aromatic heterocycles. The van der Waals surface area contributed by atoms with E-state index in [2.05, 4.69) is 23.6 Å². The number of rotatable bonds is 6. The number of hydrogen-bond acceptors (Lipinski definition) is 6. The van der Waals surface area contributed by atoms with Gasteiger partial charge in [-0.2, -0.15) is 0 Å². The molecule has 1 amide bonds. The molecule has 0 saturated carbocycles. The minimum atomic E-state index is -0.207. The molecule has 0 unspecified atom stereocenters. The van der Waals surface area contributed by atoms with Crippen LogP contribution in [0.3, 0.4) is 0 Å². The van der Waals surface area contributed by atoms with Crippen molar-refractivity contribution in [3.05, 3.63) is 46.6 Å². The zero-order chi connectivity index (χ0) is 21.1. The van der Waals surface area contributed by atoms with Crippen LogP contribution in [0.15, 0.2) is 30.3 Å². The SMILES string of the molecule is CCN(CC)c1nc2sc(C(=O)N3CCCN(Cc4ccc(F)cc4)CC3)cc2s1. The molecule has 30 heavy (non-hydrogen) atoms. The van der Waals surface area contributed by atoms with Gasteiger partial charge in [-0.15, -0.1) is 11.3 Å². The third-order valence-corrected chi connectivity index (χ3v) is 7.73. The summed E-state index contributed by atoms with van der Waals surface area (Å²) in [5.41, 5.74) is 1.10. The first-order chi connectivity index (χ1) is 14.6. The minimum absolute atomic E-state index is 0.109. The highest BCUT2D eigenvalue weighted by Crippen LogP contribution is 2.35. The van der Waals surface area contributed by atoms with Gasteiger partial charge in [0, 0.05) is 45.8 Å². The van der Waals surface area contributed by atoms with Crippen LogP contribution >= 0.6 is 22.7 Å². The van der Waals surface area contributed by atoms with Crippen LogP contribution in [0, 0.1) is 5.82 Å². The molecule has 8 heteroatoms. The Morgan fingerprint density at radius 1 is 1.10 bits per heavy atom. The Morgan fingerprint density at radius 2 is 1.87 bits per heavy atom. The van der Waals surface area contributed by atoms with Crippen molar-refractivity contribution in [2.24, 2.45) is 0 Å². The second kappa shape index (κ2) is 9.41. The number of anilines is 1. The topological polar surface area (TPSA) is 39.7 Å². The molecule has 1 aromatic carbocycles. The van der Waals surface area contributed by atoms with Gasteiger partial charge in [-0.05, 0) is 44.0 Å². The predicted molar refractivity (Wildman–Crippen MR) is 123 cm³/mol. The highest BCUT2D eigenvalue weighted by atomic mass is 32.1. The van der Waals surface area contributed by atoms with E-state index in [1.807, 2.05) is 23.1 Å². The fourth-order valence-corrected chi connectivity index (χ4v) is 6.10. The van der Waals surface area contributed by atoms with E-state index < -0.39 is 0 Å². The van der Waals surface area contributed by atoms with Crippen LogP contribution in [-0.2, 0) is 6.54 Å². The van der Waals surface area contributed by atoms with Crippen molar-refractivity contribution >= 4 is 43.2 Å². The van der Waals surface area contributed by atoms with Gasteiger partial charge in [-0.25, -0.2) is 9.37 Å². The number of fused-ring (bicyclic) bond motifs is 1. The molecule has 0 radical (unpaired) electrons. The average molecular weight is 447 g/mol. The molecule has 3 heterocycles. The summed E-state index contributed by atoms with van der Waals surface area (Å²) in [6.45, 7) is 10.2. The number of thiazole rings is 1. The van der Waals surface area contributed by atoms with Gasteiger partial charge < -0.3 is 9.80 Å². The Morgan fingerprint density at radius 3 is 2.57 bits per heavy atom. The van der Waals surface area contributed by atoms with E-state index in [1.54, 1.807) is 11.3 Å². The minimum Gasteiger partial charge on any atom is -0.349 e. The van der Waals surface area contributed by atoms with Gasteiger partial charge in [0.1, 0.15) is 10.6 Å². The largest absolute Gasteiger partial charge is 0.349 e. The Balaban J connectivity index is 1.39. The third kappa shape index (κ3) is 4.66. The Kier molecular flexibility index (Phi) is 6.65. The molecular formula is C22H27FN4OS2. The lowest BCUT2D eigenvalue weighted by Crippen LogP contribution is -2.34. The van der Waals surface area contributed by atoms with Gasteiger partial charge in [0.2, 0.25) is 0 Å². The van der Waals surface area contributed by atoms with Crippen molar-refractivity contribution in [1.29, 1.82) is 0 Å². The highest BCUT2D eigenvalue weighted by Gasteiger charge is 2.23. The number of carbonyl (C=O) groups excluding carboxylic acids is 1. The molecule has 4 rings (SSSR count). The van der Waals surface area contributed by atoms with Crippen LogP contribution in [0.5, 0.6) is 0 Å². The summed E-state index contributed by atoms with van der Waals surface area (Å²) >= 11 is 3.17. The Labute approximate surface area is 184 Å². The van der Waals surface area contributed by atoms with E-state index >= 15 is 0 Å². The summed E-state index contributed by atoms with van der Waals surface area (Å²) in [4.78, 5) is 26.1. The van der Waals surface area contributed by atoms with E-state index in [0.717, 1.165) is 70.8 Å². The van der Waals surface area contributed by atoms with Gasteiger partial charge in [-0.1, -0.05) is 23.5 Å². The maximum Gasteiger partial charge on any atom is 0.264 e. The van der Waals surface area contributed by atoms with Crippen molar-refractivity contribution in [2.45, 2.75) is 26.8 Å². The van der Waals surface area contributed by atoms with Crippen molar-refractivity contribution in [3.63, 3.8) is 0 Å². The number of benzene rings is 1. The molecule has 1 saturated heterocycles.